The van der Waals surface area contributed by atoms with Gasteiger partial charge >= 0.3 is 0 Å². The number of ether oxygens (including phenoxy) is 2. The van der Waals surface area contributed by atoms with Crippen LogP contribution in [-0.2, 0) is 11.2 Å². The van der Waals surface area contributed by atoms with E-state index >= 15 is 0 Å². The first-order valence-corrected chi connectivity index (χ1v) is 17.5. The molecule has 1 unspecified atom stereocenters. The number of hydrogen-bond acceptors (Lipinski definition) is 6. The van der Waals surface area contributed by atoms with Crippen molar-refractivity contribution in [2.45, 2.75) is 105 Å². The number of nitrogens with zero attached hydrogens (tertiary/aromatic N) is 2. The number of aromatic nitrogens is 2. The largest absolute Gasteiger partial charge is 0.477 e. The van der Waals surface area contributed by atoms with Gasteiger partial charge in [0.1, 0.15) is 5.82 Å². The molecule has 1 aliphatic rings. The van der Waals surface area contributed by atoms with Crippen molar-refractivity contribution >= 4 is 23.0 Å². The fourth-order valence-corrected chi connectivity index (χ4v) is 5.28. The lowest BCUT2D eigenvalue weighted by Gasteiger charge is -2.24. The SMILES string of the molecule is CCC(C)=Nc1ccc(-c2cc(=O)[nH]o2)cc1C.CCC1CCO1.CCCC(CCC)c1cccc(OCCc2ccc(Cl)cc2F)n1. The second-order valence-corrected chi connectivity index (χ2v) is 12.4. The fraction of sp³-hybridized carbons (Fsp3) is 0.462. The van der Waals surface area contributed by atoms with Crippen LogP contribution < -0.4 is 10.3 Å². The molecule has 0 amide bonds. The molecule has 0 aliphatic carbocycles. The first kappa shape index (κ1) is 38.7. The Bertz CT molecular complexity index is 1620. The topological polar surface area (TPSA) is 89.7 Å². The summed E-state index contributed by atoms with van der Waals surface area (Å²) in [7, 11) is 0. The van der Waals surface area contributed by atoms with Crippen molar-refractivity contribution in [3.8, 4) is 17.2 Å². The average molecular weight is 680 g/mol. The van der Waals surface area contributed by atoms with E-state index in [2.05, 4.69) is 48.9 Å². The highest BCUT2D eigenvalue weighted by Crippen LogP contribution is 2.27. The minimum atomic E-state index is -0.293. The van der Waals surface area contributed by atoms with Crippen LogP contribution in [0.3, 0.4) is 0 Å². The van der Waals surface area contributed by atoms with E-state index < -0.39 is 0 Å². The number of H-pyrrole nitrogens is 1. The van der Waals surface area contributed by atoms with E-state index in [1.807, 2.05) is 44.2 Å². The summed E-state index contributed by atoms with van der Waals surface area (Å²) >= 11 is 5.76. The standard InChI is InChI=1S/C20H25ClFNO.C14H16N2O2.C5H10O/c1-3-6-16(7-4-2)19-8-5-9-20(23-19)24-13-12-15-10-11-17(21)14-18(15)22;1-4-10(3)15-12-6-5-11(7-9(12)2)13-8-14(17)16-18-13;1-2-5-3-4-6-5/h5,8-11,14,16H,3-4,6-7,12-13H2,1-2H3;5-8H,4H2,1-3H3,(H,16,17);5H,2-4H2,1H3. The predicted octanol–water partition coefficient (Wildman–Crippen LogP) is 10.8. The van der Waals surface area contributed by atoms with Crippen LogP contribution >= 0.6 is 11.6 Å². The summed E-state index contributed by atoms with van der Waals surface area (Å²) in [5.74, 6) is 1.35. The molecule has 1 N–H and O–H groups in total. The van der Waals surface area contributed by atoms with Crippen LogP contribution in [0.2, 0.25) is 5.02 Å². The van der Waals surface area contributed by atoms with Gasteiger partial charge in [-0.15, -0.1) is 0 Å². The quantitative estimate of drug-likeness (QED) is 0.142. The van der Waals surface area contributed by atoms with Crippen molar-refractivity contribution in [3.05, 3.63) is 98.7 Å². The Kier molecular flexibility index (Phi) is 16.6. The van der Waals surface area contributed by atoms with Crippen molar-refractivity contribution < 1.29 is 18.4 Å². The molecule has 0 bridgehead atoms. The molecule has 5 rings (SSSR count). The highest BCUT2D eigenvalue weighted by molar-refractivity contribution is 6.30. The Morgan fingerprint density at radius 3 is 2.38 bits per heavy atom. The number of hydrogen-bond donors (Lipinski definition) is 1. The number of pyridine rings is 1. The summed E-state index contributed by atoms with van der Waals surface area (Å²) in [6.07, 6.45) is 9.10. The van der Waals surface area contributed by atoms with Gasteiger partial charge < -0.3 is 14.0 Å². The molecule has 1 fully saturated rings. The van der Waals surface area contributed by atoms with E-state index in [1.165, 1.54) is 25.0 Å². The minimum absolute atomic E-state index is 0.230. The fourth-order valence-electron chi connectivity index (χ4n) is 5.12. The normalized spacial score (nSPS) is 14.0. The van der Waals surface area contributed by atoms with Crippen LogP contribution in [0.25, 0.3) is 11.3 Å². The third-order valence-corrected chi connectivity index (χ3v) is 8.39. The van der Waals surface area contributed by atoms with Crippen LogP contribution in [0.5, 0.6) is 5.88 Å². The third kappa shape index (κ3) is 12.7. The first-order valence-electron chi connectivity index (χ1n) is 17.2. The van der Waals surface area contributed by atoms with E-state index in [-0.39, 0.29) is 11.4 Å². The summed E-state index contributed by atoms with van der Waals surface area (Å²) in [6.45, 7) is 14.0. The van der Waals surface area contributed by atoms with Gasteiger partial charge in [0, 0.05) is 47.0 Å². The van der Waals surface area contributed by atoms with Crippen molar-refractivity contribution in [1.29, 1.82) is 0 Å². The number of aryl methyl sites for hydroxylation is 1. The van der Waals surface area contributed by atoms with Gasteiger partial charge in [0.15, 0.2) is 5.76 Å². The van der Waals surface area contributed by atoms with Crippen LogP contribution in [-0.4, -0.2) is 35.2 Å². The molecule has 0 saturated carbocycles. The summed E-state index contributed by atoms with van der Waals surface area (Å²) < 4.78 is 29.6. The molecule has 2 aromatic carbocycles. The van der Waals surface area contributed by atoms with E-state index in [9.17, 15) is 9.18 Å². The number of aliphatic imine (C=N–C) groups is 1. The highest BCUT2D eigenvalue weighted by atomic mass is 35.5. The Balaban J connectivity index is 0.000000227. The van der Waals surface area contributed by atoms with E-state index in [0.717, 1.165) is 66.9 Å². The van der Waals surface area contributed by atoms with E-state index in [4.69, 9.17) is 25.6 Å². The molecular weight excluding hydrogens is 629 g/mol. The van der Waals surface area contributed by atoms with Gasteiger partial charge in [-0.25, -0.2) is 9.37 Å². The summed E-state index contributed by atoms with van der Waals surface area (Å²) in [6, 6.07) is 17.9. The Hall–Kier alpha value is -3.75. The molecule has 48 heavy (non-hydrogen) atoms. The molecule has 0 spiro atoms. The van der Waals surface area contributed by atoms with Crippen molar-refractivity contribution in [1.82, 2.24) is 10.1 Å². The van der Waals surface area contributed by atoms with Crippen LogP contribution in [0.1, 0.15) is 102 Å². The molecule has 0 radical (unpaired) electrons. The van der Waals surface area contributed by atoms with Gasteiger partial charge in [-0.1, -0.05) is 64.3 Å². The molecule has 1 aliphatic heterocycles. The van der Waals surface area contributed by atoms with Crippen molar-refractivity contribution in [3.63, 3.8) is 0 Å². The molecule has 2 aromatic heterocycles. The summed E-state index contributed by atoms with van der Waals surface area (Å²) in [5, 5.41) is 2.69. The lowest BCUT2D eigenvalue weighted by molar-refractivity contribution is -0.0516. The smallest absolute Gasteiger partial charge is 0.280 e. The lowest BCUT2D eigenvalue weighted by atomic mass is 9.94. The number of aromatic amines is 1. The molecule has 4 aromatic rings. The Morgan fingerprint density at radius 2 is 1.83 bits per heavy atom. The molecule has 7 nitrogen and oxygen atoms in total. The molecule has 1 atom stereocenters. The van der Waals surface area contributed by atoms with E-state index in [1.54, 1.807) is 12.1 Å². The third-order valence-electron chi connectivity index (χ3n) is 8.15. The number of rotatable bonds is 13. The molecule has 1 saturated heterocycles. The van der Waals surface area contributed by atoms with Gasteiger partial charge in [0.2, 0.25) is 5.88 Å². The number of nitrogens with one attached hydrogen (secondary N) is 1. The van der Waals surface area contributed by atoms with Crippen LogP contribution in [0.15, 0.2) is 75.0 Å². The maximum atomic E-state index is 13.8. The molecule has 9 heteroatoms. The maximum absolute atomic E-state index is 13.8. The number of halogens is 2. The lowest BCUT2D eigenvalue weighted by Crippen LogP contribution is -2.25. The average Bonchev–Trinajstić information content (AvgIpc) is 3.49. The molecule has 260 valence electrons. The Labute approximate surface area is 289 Å². The molecular formula is C39H51ClFN3O4. The van der Waals surface area contributed by atoms with Gasteiger partial charge in [0.25, 0.3) is 5.56 Å². The van der Waals surface area contributed by atoms with Gasteiger partial charge in [-0.2, -0.15) is 5.16 Å². The van der Waals surface area contributed by atoms with Crippen LogP contribution in [0.4, 0.5) is 10.1 Å². The van der Waals surface area contributed by atoms with Crippen molar-refractivity contribution in [2.75, 3.05) is 13.2 Å². The number of benzene rings is 2. The zero-order valence-corrected chi connectivity index (χ0v) is 30.0. The Morgan fingerprint density at radius 1 is 1.08 bits per heavy atom. The van der Waals surface area contributed by atoms with E-state index in [0.29, 0.717) is 47.3 Å². The zero-order chi connectivity index (χ0) is 34.9. The first-order chi connectivity index (χ1) is 23.2. The van der Waals surface area contributed by atoms with Crippen molar-refractivity contribution in [2.24, 2.45) is 4.99 Å². The zero-order valence-electron chi connectivity index (χ0n) is 29.3. The van der Waals surface area contributed by atoms with Gasteiger partial charge in [-0.05, 0) is 93.5 Å². The van der Waals surface area contributed by atoms with Gasteiger partial charge in [-0.3, -0.25) is 9.79 Å². The minimum Gasteiger partial charge on any atom is -0.477 e. The summed E-state index contributed by atoms with van der Waals surface area (Å²) in [4.78, 5) is 20.2. The van der Waals surface area contributed by atoms with Gasteiger partial charge in [0.05, 0.1) is 24.5 Å². The highest BCUT2D eigenvalue weighted by Gasteiger charge is 2.14. The molecule has 3 heterocycles. The monoisotopic (exact) mass is 679 g/mol. The summed E-state index contributed by atoms with van der Waals surface area (Å²) in [5.41, 5.74) is 5.45. The second kappa shape index (κ2) is 20.6. The maximum Gasteiger partial charge on any atom is 0.280 e. The predicted molar refractivity (Wildman–Crippen MR) is 195 cm³/mol. The van der Waals surface area contributed by atoms with Crippen LogP contribution in [0, 0.1) is 12.7 Å². The second-order valence-electron chi connectivity index (χ2n) is 12.0.